The van der Waals surface area contributed by atoms with Gasteiger partial charge in [-0.05, 0) is 28.7 Å². The Balaban J connectivity index is 1.48. The number of hydrogen-bond acceptors (Lipinski definition) is 4. The highest BCUT2D eigenvalue weighted by atomic mass is 16.6. The quantitative estimate of drug-likeness (QED) is 0.322. The molecule has 2 unspecified atom stereocenters. The predicted octanol–water partition coefficient (Wildman–Crippen LogP) is 5.12. The van der Waals surface area contributed by atoms with Gasteiger partial charge in [-0.15, -0.1) is 0 Å². The van der Waals surface area contributed by atoms with Crippen molar-refractivity contribution in [1.29, 1.82) is 0 Å². The minimum absolute atomic E-state index is 0.128. The lowest BCUT2D eigenvalue weighted by molar-refractivity contribution is -0.154. The zero-order valence-electron chi connectivity index (χ0n) is 18.1. The fourth-order valence-electron chi connectivity index (χ4n) is 6.20. The Morgan fingerprint density at radius 3 is 2.13 bits per heavy atom. The average molecular weight is 419 g/mol. The maximum absolute atomic E-state index is 13.0. The van der Waals surface area contributed by atoms with Gasteiger partial charge in [-0.1, -0.05) is 87.6 Å². The number of benzene rings is 2. The third kappa shape index (κ3) is 3.07. The van der Waals surface area contributed by atoms with Gasteiger partial charge in [0, 0.05) is 12.5 Å². The molecule has 6 rings (SSSR count). The normalized spacial score (nSPS) is 27.6. The predicted molar refractivity (Wildman–Crippen MR) is 118 cm³/mol. The minimum atomic E-state index is -0.669. The SMILES string of the molecule is CCCCCCCCOCC12c3ccccc3C(c3ccccc31)C1C(=O)OC(=O)C12. The molecule has 4 nitrogen and oxygen atoms in total. The smallest absolute Gasteiger partial charge is 0.318 e. The second-order valence-corrected chi connectivity index (χ2v) is 9.19. The fourth-order valence-corrected chi connectivity index (χ4v) is 6.20. The molecule has 0 amide bonds. The standard InChI is InChI=1S/C27H30O4/c1-2-3-4-5-6-11-16-30-17-27-20-14-9-7-12-18(20)22(19-13-8-10-15-21(19)27)23-24(27)26(29)31-25(23)28/h7-10,12-15,22-24H,2-6,11,16-17H2,1H3. The highest BCUT2D eigenvalue weighted by Gasteiger charge is 2.67. The van der Waals surface area contributed by atoms with Crippen LogP contribution in [0.4, 0.5) is 0 Å². The van der Waals surface area contributed by atoms with Crippen molar-refractivity contribution in [1.82, 2.24) is 0 Å². The number of unbranched alkanes of at least 4 members (excludes halogenated alkanes) is 5. The van der Waals surface area contributed by atoms with Gasteiger partial charge >= 0.3 is 11.9 Å². The Kier molecular flexibility index (Phi) is 5.43. The molecule has 2 bridgehead atoms. The summed E-state index contributed by atoms with van der Waals surface area (Å²) >= 11 is 0. The van der Waals surface area contributed by atoms with E-state index in [1.165, 1.54) is 25.7 Å². The molecule has 2 atom stereocenters. The van der Waals surface area contributed by atoms with Crippen LogP contribution in [0.5, 0.6) is 0 Å². The monoisotopic (exact) mass is 418 g/mol. The number of rotatable bonds is 9. The molecule has 1 aliphatic heterocycles. The minimum Gasteiger partial charge on any atom is -0.393 e. The van der Waals surface area contributed by atoms with Crippen LogP contribution < -0.4 is 0 Å². The average Bonchev–Trinajstić information content (AvgIpc) is 3.11. The molecular formula is C27H30O4. The summed E-state index contributed by atoms with van der Waals surface area (Å²) in [7, 11) is 0. The summed E-state index contributed by atoms with van der Waals surface area (Å²) in [6.07, 6.45) is 7.23. The van der Waals surface area contributed by atoms with Crippen LogP contribution >= 0.6 is 0 Å². The Bertz CT molecular complexity index is 947. The van der Waals surface area contributed by atoms with Crippen molar-refractivity contribution in [2.75, 3.05) is 13.2 Å². The molecule has 0 radical (unpaired) electrons. The van der Waals surface area contributed by atoms with Crippen molar-refractivity contribution in [2.45, 2.75) is 56.8 Å². The summed E-state index contributed by atoms with van der Waals surface area (Å²) < 4.78 is 11.5. The van der Waals surface area contributed by atoms with Crippen LogP contribution in [0.3, 0.4) is 0 Å². The van der Waals surface area contributed by atoms with E-state index in [1.54, 1.807) is 0 Å². The first-order valence-corrected chi connectivity index (χ1v) is 11.7. The molecule has 31 heavy (non-hydrogen) atoms. The maximum atomic E-state index is 13.0. The van der Waals surface area contributed by atoms with Crippen molar-refractivity contribution < 1.29 is 19.1 Å². The number of ether oxygens (including phenoxy) is 2. The first kappa shape index (κ1) is 20.4. The third-order valence-electron chi connectivity index (χ3n) is 7.50. The topological polar surface area (TPSA) is 52.6 Å². The molecule has 1 saturated heterocycles. The van der Waals surface area contributed by atoms with Crippen LogP contribution in [-0.2, 0) is 24.5 Å². The van der Waals surface area contributed by atoms with Crippen LogP contribution in [0, 0.1) is 11.8 Å². The van der Waals surface area contributed by atoms with E-state index in [1.807, 2.05) is 24.3 Å². The van der Waals surface area contributed by atoms with Crippen molar-refractivity contribution in [2.24, 2.45) is 11.8 Å². The highest BCUT2D eigenvalue weighted by molar-refractivity contribution is 6.00. The number of hydrogen-bond donors (Lipinski definition) is 0. The lowest BCUT2D eigenvalue weighted by Gasteiger charge is -2.53. The Morgan fingerprint density at radius 1 is 0.839 bits per heavy atom. The molecule has 0 spiro atoms. The lowest BCUT2D eigenvalue weighted by Crippen LogP contribution is -2.55. The van der Waals surface area contributed by atoms with Crippen LogP contribution in [0.15, 0.2) is 48.5 Å². The third-order valence-corrected chi connectivity index (χ3v) is 7.50. The van der Waals surface area contributed by atoms with Gasteiger partial charge in [0.15, 0.2) is 0 Å². The molecule has 0 saturated carbocycles. The molecule has 2 aromatic rings. The van der Waals surface area contributed by atoms with E-state index < -0.39 is 23.2 Å². The number of esters is 2. The van der Waals surface area contributed by atoms with Gasteiger partial charge in [0.05, 0.1) is 23.9 Å². The van der Waals surface area contributed by atoms with E-state index in [9.17, 15) is 9.59 Å². The molecule has 4 heteroatoms. The largest absolute Gasteiger partial charge is 0.393 e. The van der Waals surface area contributed by atoms with Gasteiger partial charge in [-0.3, -0.25) is 9.59 Å². The summed E-state index contributed by atoms with van der Waals surface area (Å²) in [6.45, 7) is 3.29. The van der Waals surface area contributed by atoms with E-state index in [-0.39, 0.29) is 11.9 Å². The van der Waals surface area contributed by atoms with Gasteiger partial charge < -0.3 is 9.47 Å². The first-order valence-electron chi connectivity index (χ1n) is 11.7. The van der Waals surface area contributed by atoms with Crippen LogP contribution in [-0.4, -0.2) is 25.2 Å². The molecule has 1 fully saturated rings. The molecular weight excluding hydrogens is 388 g/mol. The molecule has 3 aliphatic carbocycles. The van der Waals surface area contributed by atoms with Crippen LogP contribution in [0.2, 0.25) is 0 Å². The van der Waals surface area contributed by atoms with Crippen LogP contribution in [0.25, 0.3) is 0 Å². The van der Waals surface area contributed by atoms with E-state index in [2.05, 4.69) is 31.2 Å². The molecule has 1 heterocycles. The summed E-state index contributed by atoms with van der Waals surface area (Å²) in [4.78, 5) is 25.8. The highest BCUT2D eigenvalue weighted by Crippen LogP contribution is 2.63. The Hall–Kier alpha value is -2.46. The second-order valence-electron chi connectivity index (χ2n) is 9.19. The van der Waals surface area contributed by atoms with Crippen molar-refractivity contribution in [3.63, 3.8) is 0 Å². The van der Waals surface area contributed by atoms with Gasteiger partial charge in [0.25, 0.3) is 0 Å². The van der Waals surface area contributed by atoms with E-state index in [4.69, 9.17) is 9.47 Å². The number of carbonyl (C=O) groups excluding carboxylic acids is 2. The summed E-state index contributed by atoms with van der Waals surface area (Å²) in [5, 5.41) is 0. The summed E-state index contributed by atoms with van der Waals surface area (Å²) in [5.41, 5.74) is 3.84. The zero-order chi connectivity index (χ0) is 21.4. The van der Waals surface area contributed by atoms with Crippen molar-refractivity contribution in [3.05, 3.63) is 70.8 Å². The molecule has 162 valence electrons. The fraction of sp³-hybridized carbons (Fsp3) is 0.481. The van der Waals surface area contributed by atoms with Gasteiger partial charge in [0.2, 0.25) is 0 Å². The Morgan fingerprint density at radius 2 is 1.45 bits per heavy atom. The summed E-state index contributed by atoms with van der Waals surface area (Å²) in [6, 6.07) is 16.5. The maximum Gasteiger partial charge on any atom is 0.318 e. The van der Waals surface area contributed by atoms with E-state index in [0.29, 0.717) is 13.2 Å². The molecule has 0 N–H and O–H groups in total. The first-order chi connectivity index (χ1) is 15.2. The molecule has 2 aromatic carbocycles. The second kappa shape index (κ2) is 8.23. The van der Waals surface area contributed by atoms with E-state index >= 15 is 0 Å². The van der Waals surface area contributed by atoms with Gasteiger partial charge in [0.1, 0.15) is 0 Å². The van der Waals surface area contributed by atoms with Crippen LogP contribution in [0.1, 0.15) is 73.6 Å². The molecule has 0 aromatic heterocycles. The summed E-state index contributed by atoms with van der Waals surface area (Å²) in [5.74, 6) is -1.89. The van der Waals surface area contributed by atoms with Gasteiger partial charge in [-0.25, -0.2) is 0 Å². The van der Waals surface area contributed by atoms with Crippen molar-refractivity contribution in [3.8, 4) is 0 Å². The molecule has 4 aliphatic rings. The number of carbonyl (C=O) groups is 2. The zero-order valence-corrected chi connectivity index (χ0v) is 18.1. The van der Waals surface area contributed by atoms with Gasteiger partial charge in [-0.2, -0.15) is 0 Å². The Labute approximate surface area is 183 Å². The lowest BCUT2D eigenvalue weighted by atomic mass is 9.47. The van der Waals surface area contributed by atoms with E-state index in [0.717, 1.165) is 35.1 Å². The van der Waals surface area contributed by atoms with Crippen molar-refractivity contribution >= 4 is 11.9 Å². The number of cyclic esters (lactones) is 2.